The minimum Gasteiger partial charge on any atom is -0.493 e. The number of nitrogens with one attached hydrogen (secondary N) is 1. The van der Waals surface area contributed by atoms with Gasteiger partial charge in [0.1, 0.15) is 5.82 Å². The summed E-state index contributed by atoms with van der Waals surface area (Å²) < 4.78 is 24.6. The van der Waals surface area contributed by atoms with Crippen molar-refractivity contribution in [2.75, 3.05) is 27.3 Å². The van der Waals surface area contributed by atoms with Crippen molar-refractivity contribution >= 4 is 18.3 Å². The largest absolute Gasteiger partial charge is 0.493 e. The molecule has 2 aliphatic rings. The number of benzene rings is 1. The topological polar surface area (TPSA) is 50.8 Å². The minimum absolute atomic E-state index is 0. The van der Waals surface area contributed by atoms with Gasteiger partial charge in [0.15, 0.2) is 11.5 Å². The molecule has 0 aliphatic carbocycles. The van der Waals surface area contributed by atoms with E-state index in [4.69, 9.17) is 9.47 Å². The molecule has 7 heteroatoms. The monoisotopic (exact) mass is 344 g/mol. The highest BCUT2D eigenvalue weighted by Crippen LogP contribution is 2.34. The van der Waals surface area contributed by atoms with Gasteiger partial charge >= 0.3 is 0 Å². The van der Waals surface area contributed by atoms with Gasteiger partial charge in [-0.1, -0.05) is 0 Å². The second kappa shape index (κ2) is 7.36. The van der Waals surface area contributed by atoms with Gasteiger partial charge in [0.05, 0.1) is 19.8 Å². The first-order chi connectivity index (χ1) is 10.7. The van der Waals surface area contributed by atoms with Crippen LogP contribution in [0, 0.1) is 5.82 Å². The Morgan fingerprint density at radius 2 is 1.83 bits per heavy atom. The van der Waals surface area contributed by atoms with Crippen molar-refractivity contribution in [2.24, 2.45) is 0 Å². The van der Waals surface area contributed by atoms with E-state index in [0.29, 0.717) is 5.75 Å². The number of hydrogen-bond donors (Lipinski definition) is 1. The summed E-state index contributed by atoms with van der Waals surface area (Å²) in [7, 11) is 2.92. The van der Waals surface area contributed by atoms with Crippen molar-refractivity contribution in [3.63, 3.8) is 0 Å². The molecule has 2 unspecified atom stereocenters. The zero-order valence-corrected chi connectivity index (χ0v) is 14.1. The number of nitrogens with zero attached hydrogens (tertiary/aromatic N) is 1. The summed E-state index contributed by atoms with van der Waals surface area (Å²) in [4.78, 5) is 14.7. The van der Waals surface area contributed by atoms with Gasteiger partial charge < -0.3 is 19.7 Å². The van der Waals surface area contributed by atoms with E-state index >= 15 is 0 Å². The fraction of sp³-hybridized carbons (Fsp3) is 0.562. The van der Waals surface area contributed by atoms with Crippen LogP contribution in [0.2, 0.25) is 0 Å². The van der Waals surface area contributed by atoms with E-state index in [9.17, 15) is 9.18 Å². The summed E-state index contributed by atoms with van der Waals surface area (Å²) in [6, 6.07) is 2.99. The summed E-state index contributed by atoms with van der Waals surface area (Å²) in [5.41, 5.74) is 0.0523. The van der Waals surface area contributed by atoms with Crippen LogP contribution in [0.1, 0.15) is 29.6 Å². The Hall–Kier alpha value is -1.53. The van der Waals surface area contributed by atoms with Crippen LogP contribution in [0.25, 0.3) is 0 Å². The number of rotatable bonds is 3. The van der Waals surface area contributed by atoms with Crippen LogP contribution in [-0.2, 0) is 0 Å². The van der Waals surface area contributed by atoms with Crippen molar-refractivity contribution < 1.29 is 18.7 Å². The molecule has 2 fully saturated rings. The molecule has 2 aliphatic heterocycles. The van der Waals surface area contributed by atoms with Crippen molar-refractivity contribution in [3.05, 3.63) is 23.5 Å². The standard InChI is InChI=1S/C16H21FN2O3.ClH/c1-21-14-7-12(13(17)8-15(14)22-2)16(20)19-10-3-4-11(19)9-18-6-5-10;/h7-8,10-11,18H,3-6,9H2,1-2H3;1H. The first-order valence-corrected chi connectivity index (χ1v) is 7.60. The molecule has 2 bridgehead atoms. The number of amides is 1. The third-order valence-corrected chi connectivity index (χ3v) is 4.59. The fourth-order valence-electron chi connectivity index (χ4n) is 3.47. The first-order valence-electron chi connectivity index (χ1n) is 7.60. The zero-order chi connectivity index (χ0) is 15.7. The average molecular weight is 345 g/mol. The van der Waals surface area contributed by atoms with Gasteiger partial charge in [-0.25, -0.2) is 4.39 Å². The third-order valence-electron chi connectivity index (χ3n) is 4.59. The highest BCUT2D eigenvalue weighted by Gasteiger charge is 2.39. The Bertz CT molecular complexity index is 571. The summed E-state index contributed by atoms with van der Waals surface area (Å²) in [5.74, 6) is -0.168. The highest BCUT2D eigenvalue weighted by atomic mass is 35.5. The lowest BCUT2D eigenvalue weighted by Gasteiger charge is -2.28. The fourth-order valence-corrected chi connectivity index (χ4v) is 3.47. The molecule has 3 rings (SSSR count). The predicted octanol–water partition coefficient (Wildman–Crippen LogP) is 2.23. The molecule has 2 heterocycles. The summed E-state index contributed by atoms with van der Waals surface area (Å²) in [6.07, 6.45) is 2.88. The van der Waals surface area contributed by atoms with Crippen molar-refractivity contribution in [3.8, 4) is 11.5 Å². The SMILES string of the molecule is COc1cc(F)c(C(=O)N2C3CCNCC2CC3)cc1OC.Cl. The molecular formula is C16H22ClFN2O3. The van der Waals surface area contributed by atoms with Crippen LogP contribution in [-0.4, -0.2) is 50.2 Å². The van der Waals surface area contributed by atoms with E-state index in [0.717, 1.165) is 32.4 Å². The van der Waals surface area contributed by atoms with Gasteiger partial charge in [-0.05, 0) is 31.9 Å². The molecule has 23 heavy (non-hydrogen) atoms. The van der Waals surface area contributed by atoms with Crippen LogP contribution in [0.3, 0.4) is 0 Å². The molecule has 0 radical (unpaired) electrons. The van der Waals surface area contributed by atoms with Gasteiger partial charge in [-0.2, -0.15) is 0 Å². The molecule has 1 amide bonds. The van der Waals surface area contributed by atoms with Gasteiger partial charge in [-0.3, -0.25) is 4.79 Å². The van der Waals surface area contributed by atoms with Gasteiger partial charge in [0, 0.05) is 24.7 Å². The number of carbonyl (C=O) groups is 1. The van der Waals surface area contributed by atoms with Crippen molar-refractivity contribution in [1.29, 1.82) is 0 Å². The van der Waals surface area contributed by atoms with Gasteiger partial charge in [0.25, 0.3) is 5.91 Å². The van der Waals surface area contributed by atoms with E-state index in [1.165, 1.54) is 26.4 Å². The molecule has 1 aromatic carbocycles. The zero-order valence-electron chi connectivity index (χ0n) is 13.3. The lowest BCUT2D eigenvalue weighted by atomic mass is 10.1. The molecule has 128 valence electrons. The minimum atomic E-state index is -0.570. The Morgan fingerprint density at radius 3 is 2.52 bits per heavy atom. The first kappa shape index (κ1) is 17.8. The Kier molecular flexibility index (Phi) is 5.70. The summed E-state index contributed by atoms with van der Waals surface area (Å²) >= 11 is 0. The molecule has 0 aromatic heterocycles. The molecule has 1 aromatic rings. The molecule has 0 spiro atoms. The summed E-state index contributed by atoms with van der Waals surface area (Å²) in [6.45, 7) is 1.68. The number of halogens is 2. The van der Waals surface area contributed by atoms with Gasteiger partial charge in [-0.15, -0.1) is 12.4 Å². The van der Waals surface area contributed by atoms with E-state index in [-0.39, 0.29) is 41.7 Å². The predicted molar refractivity (Wildman–Crippen MR) is 87.2 cm³/mol. The normalized spacial score (nSPS) is 23.0. The Balaban J connectivity index is 0.00000192. The molecule has 2 saturated heterocycles. The quantitative estimate of drug-likeness (QED) is 0.913. The van der Waals surface area contributed by atoms with E-state index < -0.39 is 5.82 Å². The highest BCUT2D eigenvalue weighted by molar-refractivity contribution is 5.96. The number of carbonyl (C=O) groups excluding carboxylic acids is 1. The smallest absolute Gasteiger partial charge is 0.257 e. The molecule has 0 saturated carbocycles. The number of ether oxygens (including phenoxy) is 2. The number of hydrogen-bond acceptors (Lipinski definition) is 4. The van der Waals surface area contributed by atoms with E-state index in [1.807, 2.05) is 4.90 Å². The second-order valence-electron chi connectivity index (χ2n) is 5.78. The van der Waals surface area contributed by atoms with Crippen LogP contribution in [0.15, 0.2) is 12.1 Å². The molecule has 2 atom stereocenters. The lowest BCUT2D eigenvalue weighted by molar-refractivity contribution is 0.0675. The lowest BCUT2D eigenvalue weighted by Crippen LogP contribution is -2.42. The molecule has 5 nitrogen and oxygen atoms in total. The van der Waals surface area contributed by atoms with Crippen molar-refractivity contribution in [1.82, 2.24) is 10.2 Å². The molecule has 1 N–H and O–H groups in total. The van der Waals surface area contributed by atoms with Crippen LogP contribution in [0.5, 0.6) is 11.5 Å². The maximum Gasteiger partial charge on any atom is 0.257 e. The van der Waals surface area contributed by atoms with Gasteiger partial charge in [0.2, 0.25) is 0 Å². The Morgan fingerprint density at radius 1 is 1.17 bits per heavy atom. The maximum absolute atomic E-state index is 14.3. The van der Waals surface area contributed by atoms with E-state index in [2.05, 4.69) is 5.32 Å². The van der Waals surface area contributed by atoms with E-state index in [1.54, 1.807) is 0 Å². The third kappa shape index (κ3) is 3.23. The average Bonchev–Trinajstić information content (AvgIpc) is 2.79. The number of fused-ring (bicyclic) bond motifs is 2. The van der Waals surface area contributed by atoms with Crippen LogP contribution < -0.4 is 14.8 Å². The maximum atomic E-state index is 14.3. The summed E-state index contributed by atoms with van der Waals surface area (Å²) in [5, 5.41) is 3.34. The number of methoxy groups -OCH3 is 2. The molecular weight excluding hydrogens is 323 g/mol. The van der Waals surface area contributed by atoms with Crippen LogP contribution in [0.4, 0.5) is 4.39 Å². The van der Waals surface area contributed by atoms with Crippen molar-refractivity contribution in [2.45, 2.75) is 31.3 Å². The Labute approximate surface area is 141 Å². The second-order valence-corrected chi connectivity index (χ2v) is 5.78. The van der Waals surface area contributed by atoms with Crippen LogP contribution >= 0.6 is 12.4 Å².